The standard InChI is InChI=1S/C23H28N4O2/c1-15-8-5-6-9-18(15)22-19-14-26(12-17(19)13-27(22)16(2)28)21-11-7-10-20(24-21)23(29)25(3)4/h5-11,17,19,22H,12-14H2,1-4H3/t17-,19-,22+/m1/s1. The molecule has 1 aromatic carbocycles. The molecule has 0 bridgehead atoms. The predicted molar refractivity (Wildman–Crippen MR) is 113 cm³/mol. The van der Waals surface area contributed by atoms with Crippen molar-refractivity contribution in [1.29, 1.82) is 0 Å². The van der Waals surface area contributed by atoms with Crippen LogP contribution in [0.4, 0.5) is 5.82 Å². The number of anilines is 1. The van der Waals surface area contributed by atoms with Crippen LogP contribution in [0.25, 0.3) is 0 Å². The summed E-state index contributed by atoms with van der Waals surface area (Å²) in [5.41, 5.74) is 2.92. The minimum Gasteiger partial charge on any atom is -0.356 e. The second kappa shape index (κ2) is 7.50. The Balaban J connectivity index is 1.62. The number of fused-ring (bicyclic) bond motifs is 1. The molecule has 1 aromatic heterocycles. The van der Waals surface area contributed by atoms with E-state index < -0.39 is 0 Å². The normalized spacial score (nSPS) is 23.2. The first-order valence-electron chi connectivity index (χ1n) is 10.1. The van der Waals surface area contributed by atoms with E-state index >= 15 is 0 Å². The van der Waals surface area contributed by atoms with Crippen LogP contribution in [0.15, 0.2) is 42.5 Å². The monoisotopic (exact) mass is 392 g/mol. The van der Waals surface area contributed by atoms with E-state index in [9.17, 15) is 9.59 Å². The number of rotatable bonds is 3. The van der Waals surface area contributed by atoms with E-state index in [1.807, 2.05) is 23.1 Å². The molecule has 6 nitrogen and oxygen atoms in total. The highest BCUT2D eigenvalue weighted by Crippen LogP contribution is 2.46. The molecular weight excluding hydrogens is 364 g/mol. The molecule has 3 heterocycles. The van der Waals surface area contributed by atoms with Crippen LogP contribution in [0, 0.1) is 18.8 Å². The molecule has 4 rings (SSSR count). The van der Waals surface area contributed by atoms with E-state index in [1.54, 1.807) is 32.0 Å². The van der Waals surface area contributed by atoms with Crippen molar-refractivity contribution >= 4 is 17.6 Å². The molecule has 2 amide bonds. The van der Waals surface area contributed by atoms with Gasteiger partial charge in [-0.25, -0.2) is 4.98 Å². The van der Waals surface area contributed by atoms with Crippen molar-refractivity contribution in [3.8, 4) is 0 Å². The van der Waals surface area contributed by atoms with E-state index in [0.717, 1.165) is 25.5 Å². The average Bonchev–Trinajstić information content (AvgIpc) is 3.26. The molecule has 2 fully saturated rings. The van der Waals surface area contributed by atoms with Gasteiger partial charge < -0.3 is 14.7 Å². The van der Waals surface area contributed by atoms with Crippen molar-refractivity contribution in [2.45, 2.75) is 19.9 Å². The Bertz CT molecular complexity index is 942. The quantitative estimate of drug-likeness (QED) is 0.806. The maximum atomic E-state index is 12.4. The molecule has 0 unspecified atom stereocenters. The van der Waals surface area contributed by atoms with Gasteiger partial charge in [-0.2, -0.15) is 0 Å². The summed E-state index contributed by atoms with van der Waals surface area (Å²) in [6.45, 7) is 6.24. The highest BCUT2D eigenvalue weighted by Gasteiger charge is 2.49. The fourth-order valence-electron chi connectivity index (χ4n) is 4.82. The molecular formula is C23H28N4O2. The number of aromatic nitrogens is 1. The van der Waals surface area contributed by atoms with E-state index in [4.69, 9.17) is 0 Å². The smallest absolute Gasteiger partial charge is 0.272 e. The lowest BCUT2D eigenvalue weighted by Crippen LogP contribution is -2.35. The molecule has 0 saturated carbocycles. The van der Waals surface area contributed by atoms with E-state index in [-0.39, 0.29) is 17.9 Å². The number of hydrogen-bond acceptors (Lipinski definition) is 4. The summed E-state index contributed by atoms with van der Waals surface area (Å²) in [4.78, 5) is 35.1. The Morgan fingerprint density at radius 3 is 2.48 bits per heavy atom. The Hall–Kier alpha value is -2.89. The molecule has 6 heteroatoms. The van der Waals surface area contributed by atoms with Gasteiger partial charge in [-0.3, -0.25) is 9.59 Å². The van der Waals surface area contributed by atoms with E-state index in [0.29, 0.717) is 17.5 Å². The zero-order valence-corrected chi connectivity index (χ0v) is 17.5. The molecule has 2 aromatic rings. The van der Waals surface area contributed by atoms with Gasteiger partial charge in [0, 0.05) is 52.5 Å². The summed E-state index contributed by atoms with van der Waals surface area (Å²) in [6.07, 6.45) is 0. The van der Waals surface area contributed by atoms with Gasteiger partial charge in [-0.1, -0.05) is 30.3 Å². The number of amides is 2. The lowest BCUT2D eigenvalue weighted by Gasteiger charge is -2.30. The highest BCUT2D eigenvalue weighted by molar-refractivity contribution is 5.92. The summed E-state index contributed by atoms with van der Waals surface area (Å²) < 4.78 is 0. The Labute approximate surface area is 172 Å². The van der Waals surface area contributed by atoms with Crippen molar-refractivity contribution in [3.63, 3.8) is 0 Å². The summed E-state index contributed by atoms with van der Waals surface area (Å²) in [7, 11) is 3.47. The number of likely N-dealkylation sites (tertiary alicyclic amines) is 1. The van der Waals surface area contributed by atoms with Gasteiger partial charge in [-0.05, 0) is 30.2 Å². The van der Waals surface area contributed by atoms with Crippen LogP contribution in [0.3, 0.4) is 0 Å². The van der Waals surface area contributed by atoms with Gasteiger partial charge in [0.1, 0.15) is 11.5 Å². The van der Waals surface area contributed by atoms with Crippen LogP contribution in [-0.4, -0.2) is 60.3 Å². The Morgan fingerprint density at radius 2 is 1.79 bits per heavy atom. The number of aryl methyl sites for hydroxylation is 1. The Morgan fingerprint density at radius 1 is 1.03 bits per heavy atom. The first-order valence-corrected chi connectivity index (χ1v) is 10.1. The minimum atomic E-state index is -0.0909. The fourth-order valence-corrected chi connectivity index (χ4v) is 4.82. The molecule has 3 atom stereocenters. The summed E-state index contributed by atoms with van der Waals surface area (Å²) >= 11 is 0. The molecule has 0 spiro atoms. The Kier molecular flexibility index (Phi) is 5.03. The zero-order valence-electron chi connectivity index (χ0n) is 17.5. The lowest BCUT2D eigenvalue weighted by molar-refractivity contribution is -0.130. The number of hydrogen-bond donors (Lipinski definition) is 0. The third-order valence-electron chi connectivity index (χ3n) is 6.26. The van der Waals surface area contributed by atoms with Crippen LogP contribution < -0.4 is 4.90 Å². The van der Waals surface area contributed by atoms with Gasteiger partial charge in [0.15, 0.2) is 0 Å². The molecule has 0 radical (unpaired) electrons. The second-order valence-corrected chi connectivity index (χ2v) is 8.38. The third-order valence-corrected chi connectivity index (χ3v) is 6.26. The number of carbonyl (C=O) groups excluding carboxylic acids is 2. The maximum Gasteiger partial charge on any atom is 0.272 e. The summed E-state index contributed by atoms with van der Waals surface area (Å²) in [6, 6.07) is 14.1. The van der Waals surface area contributed by atoms with Crippen LogP contribution >= 0.6 is 0 Å². The largest absolute Gasteiger partial charge is 0.356 e. The van der Waals surface area contributed by atoms with Crippen molar-refractivity contribution in [3.05, 3.63) is 59.3 Å². The van der Waals surface area contributed by atoms with Crippen molar-refractivity contribution in [1.82, 2.24) is 14.8 Å². The lowest BCUT2D eigenvalue weighted by atomic mass is 9.87. The van der Waals surface area contributed by atoms with E-state index in [2.05, 4.69) is 35.0 Å². The van der Waals surface area contributed by atoms with Crippen LogP contribution in [-0.2, 0) is 4.79 Å². The molecule has 29 heavy (non-hydrogen) atoms. The first-order chi connectivity index (χ1) is 13.9. The predicted octanol–water partition coefficient (Wildman–Crippen LogP) is 2.75. The average molecular weight is 393 g/mol. The van der Waals surface area contributed by atoms with Gasteiger partial charge >= 0.3 is 0 Å². The third kappa shape index (κ3) is 3.48. The SMILES string of the molecule is CC(=O)N1C[C@H]2CN(c3cccc(C(=O)N(C)C)n3)C[C@H]2[C@@H]1c1ccccc1C. The fraction of sp³-hybridized carbons (Fsp3) is 0.435. The minimum absolute atomic E-state index is 0.0909. The number of nitrogens with zero attached hydrogens (tertiary/aromatic N) is 4. The molecule has 152 valence electrons. The molecule has 2 saturated heterocycles. The molecule has 2 aliphatic heterocycles. The summed E-state index contributed by atoms with van der Waals surface area (Å²) in [5.74, 6) is 1.64. The van der Waals surface area contributed by atoms with Crippen molar-refractivity contribution in [2.75, 3.05) is 38.6 Å². The number of benzene rings is 1. The van der Waals surface area contributed by atoms with Crippen molar-refractivity contribution in [2.24, 2.45) is 11.8 Å². The van der Waals surface area contributed by atoms with Crippen molar-refractivity contribution < 1.29 is 9.59 Å². The number of pyridine rings is 1. The second-order valence-electron chi connectivity index (χ2n) is 8.38. The molecule has 0 aliphatic carbocycles. The molecule has 2 aliphatic rings. The van der Waals surface area contributed by atoms with Gasteiger partial charge in [0.2, 0.25) is 5.91 Å². The maximum absolute atomic E-state index is 12.4. The van der Waals surface area contributed by atoms with Gasteiger partial charge in [0.05, 0.1) is 6.04 Å². The topological polar surface area (TPSA) is 56.8 Å². The van der Waals surface area contributed by atoms with Crippen LogP contribution in [0.1, 0.15) is 34.6 Å². The van der Waals surface area contributed by atoms with Gasteiger partial charge in [0.25, 0.3) is 5.91 Å². The zero-order chi connectivity index (χ0) is 20.7. The van der Waals surface area contributed by atoms with Crippen LogP contribution in [0.5, 0.6) is 0 Å². The number of carbonyl (C=O) groups is 2. The summed E-state index contributed by atoms with van der Waals surface area (Å²) in [5, 5.41) is 0. The van der Waals surface area contributed by atoms with Gasteiger partial charge in [-0.15, -0.1) is 0 Å². The molecule has 0 N–H and O–H groups in total. The van der Waals surface area contributed by atoms with Crippen LogP contribution in [0.2, 0.25) is 0 Å². The highest BCUT2D eigenvalue weighted by atomic mass is 16.2. The van der Waals surface area contributed by atoms with E-state index in [1.165, 1.54) is 11.1 Å². The first kappa shape index (κ1) is 19.4.